The molecule has 17 heavy (non-hydrogen) atoms. The van der Waals surface area contributed by atoms with E-state index in [0.29, 0.717) is 0 Å². The van der Waals surface area contributed by atoms with Crippen molar-refractivity contribution in [2.24, 2.45) is 5.73 Å². The lowest BCUT2D eigenvalue weighted by atomic mass is 10.1. The SMILES string of the molecule is CCC(CSC)NC(=O)[C@H](N)c1ccccc1. The highest BCUT2D eigenvalue weighted by atomic mass is 32.2. The van der Waals surface area contributed by atoms with Crippen molar-refractivity contribution in [2.45, 2.75) is 25.4 Å². The van der Waals surface area contributed by atoms with E-state index in [9.17, 15) is 4.79 Å². The van der Waals surface area contributed by atoms with Gasteiger partial charge in [0.15, 0.2) is 0 Å². The lowest BCUT2D eigenvalue weighted by Crippen LogP contribution is -2.41. The molecule has 0 bridgehead atoms. The zero-order valence-electron chi connectivity index (χ0n) is 10.3. The van der Waals surface area contributed by atoms with E-state index in [-0.39, 0.29) is 11.9 Å². The summed E-state index contributed by atoms with van der Waals surface area (Å²) in [7, 11) is 0. The van der Waals surface area contributed by atoms with Crippen molar-refractivity contribution in [3.63, 3.8) is 0 Å². The van der Waals surface area contributed by atoms with Gasteiger partial charge in [0.2, 0.25) is 5.91 Å². The number of thioether (sulfide) groups is 1. The lowest BCUT2D eigenvalue weighted by molar-refractivity contribution is -0.123. The van der Waals surface area contributed by atoms with E-state index < -0.39 is 6.04 Å². The van der Waals surface area contributed by atoms with Crippen LogP contribution in [0, 0.1) is 0 Å². The quantitative estimate of drug-likeness (QED) is 0.813. The highest BCUT2D eigenvalue weighted by Gasteiger charge is 2.18. The van der Waals surface area contributed by atoms with Gasteiger partial charge in [0, 0.05) is 11.8 Å². The maximum atomic E-state index is 11.9. The average Bonchev–Trinajstić information content (AvgIpc) is 2.38. The number of rotatable bonds is 6. The molecule has 0 fully saturated rings. The Morgan fingerprint density at radius 1 is 1.41 bits per heavy atom. The Morgan fingerprint density at radius 2 is 2.06 bits per heavy atom. The largest absolute Gasteiger partial charge is 0.351 e. The van der Waals surface area contributed by atoms with Gasteiger partial charge < -0.3 is 11.1 Å². The minimum atomic E-state index is -0.577. The summed E-state index contributed by atoms with van der Waals surface area (Å²) < 4.78 is 0. The summed E-state index contributed by atoms with van der Waals surface area (Å²) in [5, 5.41) is 2.98. The van der Waals surface area contributed by atoms with Crippen LogP contribution in [0.4, 0.5) is 0 Å². The van der Waals surface area contributed by atoms with Crippen molar-refractivity contribution in [3.05, 3.63) is 35.9 Å². The minimum Gasteiger partial charge on any atom is -0.351 e. The first-order chi connectivity index (χ1) is 8.19. The molecule has 94 valence electrons. The van der Waals surface area contributed by atoms with Gasteiger partial charge >= 0.3 is 0 Å². The predicted molar refractivity (Wildman–Crippen MR) is 74.0 cm³/mol. The monoisotopic (exact) mass is 252 g/mol. The van der Waals surface area contributed by atoms with E-state index >= 15 is 0 Å². The Morgan fingerprint density at radius 3 is 2.59 bits per heavy atom. The third kappa shape index (κ3) is 4.40. The van der Waals surface area contributed by atoms with Crippen LogP contribution in [0.3, 0.4) is 0 Å². The Bertz CT molecular complexity index is 343. The van der Waals surface area contributed by atoms with Crippen molar-refractivity contribution >= 4 is 17.7 Å². The molecule has 1 aromatic rings. The van der Waals surface area contributed by atoms with Crippen LogP contribution in [0.15, 0.2) is 30.3 Å². The van der Waals surface area contributed by atoms with Crippen LogP contribution >= 0.6 is 11.8 Å². The topological polar surface area (TPSA) is 55.1 Å². The summed E-state index contributed by atoms with van der Waals surface area (Å²) in [6.45, 7) is 2.06. The molecule has 1 rings (SSSR count). The molecule has 0 aliphatic heterocycles. The number of hydrogen-bond acceptors (Lipinski definition) is 3. The molecular formula is C13H20N2OS. The Labute approximate surface area is 107 Å². The fraction of sp³-hybridized carbons (Fsp3) is 0.462. The van der Waals surface area contributed by atoms with Crippen LogP contribution in [0.2, 0.25) is 0 Å². The Balaban J connectivity index is 2.58. The number of nitrogens with one attached hydrogen (secondary N) is 1. The van der Waals surface area contributed by atoms with Crippen LogP contribution in [0.5, 0.6) is 0 Å². The molecule has 3 N–H and O–H groups in total. The maximum absolute atomic E-state index is 11.9. The molecule has 0 aliphatic carbocycles. The zero-order chi connectivity index (χ0) is 12.7. The van der Waals surface area contributed by atoms with E-state index in [2.05, 4.69) is 12.2 Å². The van der Waals surface area contributed by atoms with Gasteiger partial charge in [-0.15, -0.1) is 0 Å². The van der Waals surface area contributed by atoms with E-state index in [1.807, 2.05) is 36.6 Å². The molecule has 0 radical (unpaired) electrons. The third-order valence-electron chi connectivity index (χ3n) is 2.65. The third-order valence-corrected chi connectivity index (χ3v) is 3.38. The first-order valence-electron chi connectivity index (χ1n) is 5.78. The number of amides is 1. The molecule has 0 aliphatic rings. The van der Waals surface area contributed by atoms with Gasteiger partial charge in [-0.25, -0.2) is 0 Å². The fourth-order valence-electron chi connectivity index (χ4n) is 1.57. The van der Waals surface area contributed by atoms with Crippen molar-refractivity contribution in [3.8, 4) is 0 Å². The number of nitrogens with two attached hydrogens (primary N) is 1. The molecule has 0 spiro atoms. The van der Waals surface area contributed by atoms with Crippen molar-refractivity contribution in [1.29, 1.82) is 0 Å². The van der Waals surface area contributed by atoms with E-state index in [4.69, 9.17) is 5.73 Å². The van der Waals surface area contributed by atoms with Crippen LogP contribution in [-0.2, 0) is 4.79 Å². The van der Waals surface area contributed by atoms with Gasteiger partial charge in [0.25, 0.3) is 0 Å². The van der Waals surface area contributed by atoms with Gasteiger partial charge in [-0.1, -0.05) is 37.3 Å². The number of carbonyl (C=O) groups is 1. The molecule has 3 nitrogen and oxygen atoms in total. The lowest BCUT2D eigenvalue weighted by Gasteiger charge is -2.19. The van der Waals surface area contributed by atoms with Gasteiger partial charge in [-0.05, 0) is 18.2 Å². The summed E-state index contributed by atoms with van der Waals surface area (Å²) in [6, 6.07) is 9.07. The molecule has 2 atom stereocenters. The van der Waals surface area contributed by atoms with Gasteiger partial charge in [-0.3, -0.25) is 4.79 Å². The fourth-order valence-corrected chi connectivity index (χ4v) is 2.29. The summed E-state index contributed by atoms with van der Waals surface area (Å²) in [5.74, 6) is 0.820. The van der Waals surface area contributed by atoms with Gasteiger partial charge in [0.1, 0.15) is 6.04 Å². The van der Waals surface area contributed by atoms with E-state index in [1.54, 1.807) is 11.8 Å². The molecule has 1 amide bonds. The first-order valence-corrected chi connectivity index (χ1v) is 7.18. The number of benzene rings is 1. The normalized spacial score (nSPS) is 14.1. The van der Waals surface area contributed by atoms with E-state index in [1.165, 1.54) is 0 Å². The first kappa shape index (κ1) is 14.1. The summed E-state index contributed by atoms with van der Waals surface area (Å²) in [4.78, 5) is 11.9. The van der Waals surface area contributed by atoms with Crippen molar-refractivity contribution in [2.75, 3.05) is 12.0 Å². The van der Waals surface area contributed by atoms with Crippen molar-refractivity contribution < 1.29 is 4.79 Å². The average molecular weight is 252 g/mol. The van der Waals surface area contributed by atoms with Gasteiger partial charge in [-0.2, -0.15) is 11.8 Å². The smallest absolute Gasteiger partial charge is 0.241 e. The molecule has 1 aromatic carbocycles. The summed E-state index contributed by atoms with van der Waals surface area (Å²) in [5.41, 5.74) is 6.77. The summed E-state index contributed by atoms with van der Waals surface area (Å²) >= 11 is 1.73. The second-order valence-electron chi connectivity index (χ2n) is 3.96. The van der Waals surface area contributed by atoms with Crippen LogP contribution in [0.25, 0.3) is 0 Å². The molecular weight excluding hydrogens is 232 g/mol. The second kappa shape index (κ2) is 7.35. The Hall–Kier alpha value is -1.00. The summed E-state index contributed by atoms with van der Waals surface area (Å²) in [6.07, 6.45) is 2.96. The second-order valence-corrected chi connectivity index (χ2v) is 4.87. The van der Waals surface area contributed by atoms with Crippen LogP contribution in [-0.4, -0.2) is 24.0 Å². The molecule has 0 heterocycles. The highest BCUT2D eigenvalue weighted by Crippen LogP contribution is 2.10. The van der Waals surface area contributed by atoms with Crippen LogP contribution < -0.4 is 11.1 Å². The van der Waals surface area contributed by atoms with Crippen LogP contribution in [0.1, 0.15) is 24.9 Å². The maximum Gasteiger partial charge on any atom is 0.241 e. The molecule has 0 saturated heterocycles. The Kier molecular flexibility index (Phi) is 6.08. The molecule has 0 saturated carbocycles. The zero-order valence-corrected chi connectivity index (χ0v) is 11.2. The number of carbonyl (C=O) groups excluding carboxylic acids is 1. The van der Waals surface area contributed by atoms with E-state index in [0.717, 1.165) is 17.7 Å². The standard InChI is InChI=1S/C13H20N2OS/c1-3-11(9-17-2)15-13(16)12(14)10-7-5-4-6-8-10/h4-8,11-12H,3,9,14H2,1-2H3,(H,15,16)/t11?,12-/m1/s1. The molecule has 1 unspecified atom stereocenters. The number of hydrogen-bond donors (Lipinski definition) is 2. The minimum absolute atomic E-state index is 0.0999. The molecule has 0 aromatic heterocycles. The van der Waals surface area contributed by atoms with Gasteiger partial charge in [0.05, 0.1) is 0 Å². The van der Waals surface area contributed by atoms with Crippen molar-refractivity contribution in [1.82, 2.24) is 5.32 Å². The highest BCUT2D eigenvalue weighted by molar-refractivity contribution is 7.98. The predicted octanol–water partition coefficient (Wildman–Crippen LogP) is 1.94. The molecule has 4 heteroatoms.